The summed E-state index contributed by atoms with van der Waals surface area (Å²) in [5.41, 5.74) is 26.0. The molecule has 0 radical (unpaired) electrons. The second-order valence-corrected chi connectivity index (χ2v) is 34.3. The summed E-state index contributed by atoms with van der Waals surface area (Å²) in [7, 11) is 0. The quantitative estimate of drug-likeness (QED) is 0.101. The number of hydrogen-bond donors (Lipinski definition) is 0. The van der Waals surface area contributed by atoms with Gasteiger partial charge >= 0.3 is 0 Å². The third kappa shape index (κ3) is 12.9. The third-order valence-corrected chi connectivity index (χ3v) is 26.8. The second kappa shape index (κ2) is 31.1. The molecule has 4 aromatic heterocycles. The van der Waals surface area contributed by atoms with Crippen LogP contribution >= 0.6 is 0 Å². The molecule has 0 N–H and O–H groups in total. The Kier molecular flexibility index (Phi) is 17.8. The van der Waals surface area contributed by atoms with E-state index < -0.39 is 0 Å². The maximum absolute atomic E-state index is 5.37. The largest absolute Gasteiger partial charge is 0.309 e. The minimum absolute atomic E-state index is 0.592. The van der Waals surface area contributed by atoms with E-state index in [1.807, 2.05) is 78.9 Å². The van der Waals surface area contributed by atoms with E-state index in [0.29, 0.717) is 34.9 Å². The molecule has 0 atom stereocenters. The number of nitrogens with zero attached hydrogens (tertiary/aromatic N) is 8. The number of fused-ring (bicyclic) bond motifs is 19. The Labute approximate surface area is 760 Å². The third-order valence-electron chi connectivity index (χ3n) is 26.8. The smallest absolute Gasteiger partial charge is 0.164 e. The number of benzene rings is 22. The van der Waals surface area contributed by atoms with Gasteiger partial charge in [-0.2, -0.15) is 0 Å². The van der Waals surface area contributed by atoms with E-state index in [1.165, 1.54) is 108 Å². The van der Waals surface area contributed by atoms with E-state index in [4.69, 9.17) is 29.9 Å². The highest BCUT2D eigenvalue weighted by atomic mass is 15.0. The summed E-state index contributed by atoms with van der Waals surface area (Å²) in [6, 6.07) is 167. The van der Waals surface area contributed by atoms with Crippen molar-refractivity contribution in [3.05, 3.63) is 461 Å². The molecule has 26 rings (SSSR count). The number of rotatable bonds is 14. The van der Waals surface area contributed by atoms with E-state index in [9.17, 15) is 0 Å². The molecule has 612 valence electrons. The van der Waals surface area contributed by atoms with Gasteiger partial charge in [0, 0.05) is 66.3 Å². The van der Waals surface area contributed by atoms with Gasteiger partial charge in [0.2, 0.25) is 0 Å². The summed E-state index contributed by atoms with van der Waals surface area (Å²) in [5, 5.41) is 21.7. The predicted molar refractivity (Wildman–Crippen MR) is 550 cm³/mol. The Bertz CT molecular complexity index is 9110. The Morgan fingerprint density at radius 2 is 0.402 bits per heavy atom. The first-order valence-electron chi connectivity index (χ1n) is 44.9. The highest BCUT2D eigenvalue weighted by Crippen LogP contribution is 2.48. The Morgan fingerprint density at radius 1 is 0.129 bits per heavy atom. The fraction of sp³-hybridized carbons (Fsp3) is 0. The van der Waals surface area contributed by atoms with Gasteiger partial charge in [-0.3, -0.25) is 0 Å². The van der Waals surface area contributed by atoms with Crippen molar-refractivity contribution < 1.29 is 0 Å². The summed E-state index contributed by atoms with van der Waals surface area (Å²) in [6.45, 7) is 0. The van der Waals surface area contributed by atoms with Gasteiger partial charge in [-0.1, -0.05) is 388 Å². The molecule has 8 nitrogen and oxygen atoms in total. The molecule has 0 spiro atoms. The van der Waals surface area contributed by atoms with Crippen molar-refractivity contribution in [1.29, 1.82) is 0 Å². The van der Waals surface area contributed by atoms with Crippen molar-refractivity contribution in [2.45, 2.75) is 0 Å². The average Bonchev–Trinajstić information content (AvgIpc) is 0.996. The topological polar surface area (TPSA) is 87.2 Å². The van der Waals surface area contributed by atoms with Crippen LogP contribution in [0.2, 0.25) is 0 Å². The van der Waals surface area contributed by atoms with Crippen molar-refractivity contribution in [3.63, 3.8) is 0 Å². The molecule has 22 aromatic carbocycles. The van der Waals surface area contributed by atoms with Crippen LogP contribution in [0.1, 0.15) is 0 Å². The molecule has 0 unspecified atom stereocenters. The van der Waals surface area contributed by atoms with Gasteiger partial charge in [0.1, 0.15) is 0 Å². The van der Waals surface area contributed by atoms with E-state index in [2.05, 4.69) is 391 Å². The number of aromatic nitrogens is 8. The zero-order chi connectivity index (χ0) is 86.9. The predicted octanol–water partition coefficient (Wildman–Crippen LogP) is 32.3. The molecule has 0 aliphatic carbocycles. The van der Waals surface area contributed by atoms with Gasteiger partial charge in [-0.25, -0.2) is 29.9 Å². The van der Waals surface area contributed by atoms with Crippen molar-refractivity contribution in [1.82, 2.24) is 39.0 Å². The highest BCUT2D eigenvalue weighted by molar-refractivity contribution is 6.31. The Morgan fingerprint density at radius 3 is 0.864 bits per heavy atom. The Balaban J connectivity index is 0.520. The summed E-state index contributed by atoms with van der Waals surface area (Å²) in [6.07, 6.45) is 0. The molecule has 4 heterocycles. The molecule has 0 bridgehead atoms. The van der Waals surface area contributed by atoms with Gasteiger partial charge in [0.05, 0.1) is 22.1 Å². The van der Waals surface area contributed by atoms with Crippen LogP contribution in [-0.4, -0.2) is 39.0 Å². The molecular weight excluding hydrogens is 1600 g/mol. The van der Waals surface area contributed by atoms with Gasteiger partial charge in [-0.05, 0) is 215 Å². The molecule has 0 amide bonds. The summed E-state index contributed by atoms with van der Waals surface area (Å²) < 4.78 is 4.87. The standard InChI is InChI=1S/C124H76N8/c1-5-24-77(25-6-1)78-56-63-95(64-57-78)131-113-44-19-17-38-103(113)105-66-59-91(75-115(105)131)89-61-68-109-111(73-89)101-36-15-13-34-99(101)107-43-23-41-98(118(107)109)81-49-53-86(54-50-81)123-128-121(84-30-11-4-12-31-84)129-124(130-123)93-33-21-32-87(70-93)88-55-46-79-58-65-96(72-94(79)71-88)132-114-45-20-18-39-104(114)106-67-60-92(76-116(106)132)90-62-69-110-112(74-90)102-37-16-14-35-100(102)108-42-22-40-97(117(108)110)80-47-51-85(52-48-80)122-126-119(82-26-7-2-8-27-82)125-120(127-122)83-28-9-3-10-29-83/h1-76H. The van der Waals surface area contributed by atoms with Crippen LogP contribution in [0.5, 0.6) is 0 Å². The average molecular weight is 1680 g/mol. The van der Waals surface area contributed by atoms with E-state index in [-0.39, 0.29) is 0 Å². The normalized spacial score (nSPS) is 11.8. The molecule has 132 heavy (non-hydrogen) atoms. The summed E-state index contributed by atoms with van der Waals surface area (Å²) in [5.74, 6) is 3.68. The van der Waals surface area contributed by atoms with Crippen LogP contribution in [0.15, 0.2) is 461 Å². The lowest BCUT2D eigenvalue weighted by atomic mass is 9.88. The summed E-state index contributed by atoms with van der Waals surface area (Å²) in [4.78, 5) is 31.0. The Hall–Kier alpha value is -17.7. The lowest BCUT2D eigenvalue weighted by molar-refractivity contribution is 1.07. The minimum atomic E-state index is 0.592. The van der Waals surface area contributed by atoms with E-state index >= 15 is 0 Å². The number of hydrogen-bond acceptors (Lipinski definition) is 6. The van der Waals surface area contributed by atoms with Crippen LogP contribution in [0, 0.1) is 0 Å². The van der Waals surface area contributed by atoms with E-state index in [0.717, 1.165) is 122 Å². The first-order valence-corrected chi connectivity index (χ1v) is 44.9. The van der Waals surface area contributed by atoms with E-state index in [1.54, 1.807) is 0 Å². The second-order valence-electron chi connectivity index (χ2n) is 34.3. The first kappa shape index (κ1) is 75.6. The van der Waals surface area contributed by atoms with Crippen molar-refractivity contribution in [3.8, 4) is 146 Å². The van der Waals surface area contributed by atoms with Crippen LogP contribution < -0.4 is 0 Å². The van der Waals surface area contributed by atoms with Crippen LogP contribution in [0.25, 0.3) is 265 Å². The summed E-state index contributed by atoms with van der Waals surface area (Å²) >= 11 is 0. The highest BCUT2D eigenvalue weighted by Gasteiger charge is 2.24. The molecule has 0 saturated carbocycles. The van der Waals surface area contributed by atoms with Crippen LogP contribution in [0.3, 0.4) is 0 Å². The zero-order valence-corrected chi connectivity index (χ0v) is 71.5. The van der Waals surface area contributed by atoms with Crippen molar-refractivity contribution in [2.75, 3.05) is 0 Å². The van der Waals surface area contributed by atoms with Crippen LogP contribution in [-0.2, 0) is 0 Å². The SMILES string of the molecule is c1ccc(-c2ccc(-n3c4ccccc4c4ccc(-c5ccc6c(c5)c5ccccc5c5cccc(-c7ccc(-c8nc(-c9ccccc9)nc(-c9cccc(-c%10ccc%11ccc(-n%12c%13ccccc%13c%13ccc(-c%14ccc%15c(c%14)c%14ccccc%14c%14cccc(-c%16ccc(-c%17nc(-c%18ccccc%18)nc(-c%18ccccc%18)n%17)cc%16)c%14%15)cc%13%12)cc%11c%10)c9)n8)cc7)c56)cc43)cc2)cc1. The minimum Gasteiger partial charge on any atom is -0.309 e. The molecule has 0 saturated heterocycles. The lowest BCUT2D eigenvalue weighted by Gasteiger charge is -2.16. The molecule has 8 heteroatoms. The molecule has 0 aliphatic heterocycles. The van der Waals surface area contributed by atoms with Gasteiger partial charge < -0.3 is 9.13 Å². The maximum atomic E-state index is 5.37. The number of para-hydroxylation sites is 2. The lowest BCUT2D eigenvalue weighted by Crippen LogP contribution is -2.00. The van der Waals surface area contributed by atoms with Crippen LogP contribution in [0.4, 0.5) is 0 Å². The molecule has 26 aromatic rings. The van der Waals surface area contributed by atoms with Gasteiger partial charge in [-0.15, -0.1) is 0 Å². The molecular formula is C124H76N8. The van der Waals surface area contributed by atoms with Crippen molar-refractivity contribution in [2.24, 2.45) is 0 Å². The fourth-order valence-corrected chi connectivity index (χ4v) is 20.4. The molecule has 0 fully saturated rings. The zero-order valence-electron chi connectivity index (χ0n) is 71.5. The molecule has 0 aliphatic rings. The van der Waals surface area contributed by atoms with Crippen molar-refractivity contribution >= 4 is 119 Å². The first-order chi connectivity index (χ1) is 65.4. The fourth-order valence-electron chi connectivity index (χ4n) is 20.4. The van der Waals surface area contributed by atoms with Gasteiger partial charge in [0.25, 0.3) is 0 Å². The monoisotopic (exact) mass is 1680 g/mol. The maximum Gasteiger partial charge on any atom is 0.164 e. The van der Waals surface area contributed by atoms with Gasteiger partial charge in [0.15, 0.2) is 34.9 Å².